The van der Waals surface area contributed by atoms with Crippen LogP contribution in [0.4, 0.5) is 0 Å². The zero-order valence-corrected chi connectivity index (χ0v) is 8.24. The third-order valence-corrected chi connectivity index (χ3v) is 1.86. The first-order valence-electron chi connectivity index (χ1n) is 6.24. The van der Waals surface area contributed by atoms with E-state index in [-0.39, 0.29) is 13.7 Å². The molecule has 0 saturated carbocycles. The topological polar surface area (TPSA) is 85.2 Å². The molecule has 0 aliphatic rings. The van der Waals surface area contributed by atoms with Crippen molar-refractivity contribution in [1.29, 1.82) is 0 Å². The van der Waals surface area contributed by atoms with Gasteiger partial charge in [0.25, 0.3) is 0 Å². The average molecular weight is 225 g/mol. The Labute approximate surface area is 93.0 Å². The molecule has 0 amide bonds. The summed E-state index contributed by atoms with van der Waals surface area (Å²) in [5.41, 5.74) is 0. The van der Waals surface area contributed by atoms with E-state index in [2.05, 4.69) is 4.74 Å². The van der Waals surface area contributed by atoms with Crippen LogP contribution in [0.3, 0.4) is 0 Å². The van der Waals surface area contributed by atoms with E-state index in [1.807, 2.05) is 0 Å². The molecule has 4 atom stereocenters. The molecule has 0 saturated heterocycles. The van der Waals surface area contributed by atoms with Crippen molar-refractivity contribution >= 4 is 6.29 Å². The summed E-state index contributed by atoms with van der Waals surface area (Å²) >= 11 is 0. The smallest absolute Gasteiger partial charge is 0.151 e. The van der Waals surface area contributed by atoms with E-state index >= 15 is 0 Å². The van der Waals surface area contributed by atoms with Crippen LogP contribution in [-0.4, -0.2) is 68.8 Å². The molecule has 6 heteroatoms. The van der Waals surface area contributed by atoms with E-state index < -0.39 is 38.6 Å². The second-order valence-electron chi connectivity index (χ2n) is 2.83. The number of methoxy groups -OCH3 is 3. The predicted octanol–water partition coefficient (Wildman–Crippen LogP) is -1.42. The zero-order valence-electron chi connectivity index (χ0n) is 11.2. The Morgan fingerprint density at radius 2 is 2.07 bits per heavy atom. The molecule has 0 radical (unpaired) electrons. The largest absolute Gasteiger partial charge is 0.388 e. The minimum atomic E-state index is -1.52. The van der Waals surface area contributed by atoms with E-state index in [4.69, 9.17) is 13.6 Å². The van der Waals surface area contributed by atoms with Crippen molar-refractivity contribution in [3.05, 3.63) is 0 Å². The van der Waals surface area contributed by atoms with Crippen LogP contribution in [0.25, 0.3) is 0 Å². The first-order chi connectivity index (χ1) is 8.62. The molecule has 6 nitrogen and oxygen atoms in total. The van der Waals surface area contributed by atoms with Gasteiger partial charge in [-0.3, -0.25) is 0 Å². The normalized spacial score (nSPS) is 21.9. The van der Waals surface area contributed by atoms with Gasteiger partial charge in [-0.25, -0.2) is 0 Å². The second kappa shape index (κ2) is 7.72. The molecule has 0 aliphatic carbocycles. The minimum Gasteiger partial charge on any atom is -0.388 e. The highest BCUT2D eigenvalue weighted by atomic mass is 16.5. The maximum Gasteiger partial charge on any atom is 0.151 e. The Kier molecular flexibility index (Phi) is 4.98. The monoisotopic (exact) mass is 225 g/mol. The number of aldehydes is 1. The number of carbonyl (C=O) groups is 1. The lowest BCUT2D eigenvalue weighted by Crippen LogP contribution is -2.48. The van der Waals surface area contributed by atoms with Crippen molar-refractivity contribution < 1.29 is 33.3 Å². The quantitative estimate of drug-likeness (QED) is 0.493. The molecule has 2 N–H and O–H groups in total. The third kappa shape index (κ3) is 4.23. The van der Waals surface area contributed by atoms with E-state index in [1.165, 1.54) is 0 Å². The van der Waals surface area contributed by atoms with Crippen LogP contribution < -0.4 is 0 Å². The summed E-state index contributed by atoms with van der Waals surface area (Å²) in [7, 11) is -1.44. The number of aliphatic hydroxyl groups excluding tert-OH is 2. The van der Waals surface area contributed by atoms with E-state index in [9.17, 15) is 15.0 Å². The van der Waals surface area contributed by atoms with Gasteiger partial charge in [0, 0.05) is 21.3 Å². The summed E-state index contributed by atoms with van der Waals surface area (Å²) in [4.78, 5) is 10.7. The Morgan fingerprint density at radius 3 is 2.60 bits per heavy atom. The summed E-state index contributed by atoms with van der Waals surface area (Å²) < 4.78 is 34.6. The van der Waals surface area contributed by atoms with Crippen molar-refractivity contribution in [2.24, 2.45) is 0 Å². The molecule has 90 valence electrons. The second-order valence-corrected chi connectivity index (χ2v) is 2.83. The lowest BCUT2D eigenvalue weighted by atomic mass is 10.0. The molecule has 0 fully saturated rings. The van der Waals surface area contributed by atoms with Crippen molar-refractivity contribution in [3.8, 4) is 0 Å². The Morgan fingerprint density at radius 1 is 1.33 bits per heavy atom. The number of aliphatic hydroxyl groups is 2. The molecule has 0 aliphatic heterocycles. The summed E-state index contributed by atoms with van der Waals surface area (Å²) in [6.07, 6.45) is -5.11. The number of hydrogen-bond donors (Lipinski definition) is 2. The van der Waals surface area contributed by atoms with Gasteiger partial charge in [-0.1, -0.05) is 0 Å². The number of carbonyl (C=O) groups excluding carboxylic acids is 1. The predicted molar refractivity (Wildman–Crippen MR) is 51.5 cm³/mol. The summed E-state index contributed by atoms with van der Waals surface area (Å²) in [5, 5.41) is 19.3. The lowest BCUT2D eigenvalue weighted by molar-refractivity contribution is -0.149. The fourth-order valence-electron chi connectivity index (χ4n) is 1.04. The van der Waals surface area contributed by atoms with Crippen molar-refractivity contribution in [2.75, 3.05) is 27.9 Å². The first kappa shape index (κ1) is 9.68. The highest BCUT2D eigenvalue weighted by Gasteiger charge is 2.33. The average Bonchev–Trinajstić information content (AvgIpc) is 2.39. The molecular weight excluding hydrogens is 204 g/mol. The van der Waals surface area contributed by atoms with Gasteiger partial charge in [0.05, 0.1) is 10.7 Å². The fourth-order valence-corrected chi connectivity index (χ4v) is 1.04. The summed E-state index contributed by atoms with van der Waals surface area (Å²) in [6.45, 7) is -0.311. The molecule has 0 bridgehead atoms. The molecule has 0 unspecified atom stereocenters. The van der Waals surface area contributed by atoms with Crippen LogP contribution in [0.5, 0.6) is 0 Å². The van der Waals surface area contributed by atoms with Gasteiger partial charge in [0.1, 0.15) is 24.4 Å². The van der Waals surface area contributed by atoms with Gasteiger partial charge in [-0.05, 0) is 0 Å². The fraction of sp³-hybridized carbons (Fsp3) is 0.889. The van der Waals surface area contributed by atoms with Crippen LogP contribution in [0.2, 0.25) is 0 Å². The maximum atomic E-state index is 10.7. The van der Waals surface area contributed by atoms with Gasteiger partial charge < -0.3 is 29.2 Å². The van der Waals surface area contributed by atoms with Crippen LogP contribution in [0, 0.1) is 0 Å². The first-order valence-corrected chi connectivity index (χ1v) is 4.12. The molecule has 0 aromatic carbocycles. The molecule has 0 aromatic heterocycles. The van der Waals surface area contributed by atoms with E-state index in [0.717, 1.165) is 0 Å². The SMILES string of the molecule is [2H]COC[C@@H](O)[C@H](O)[C@H](OC[2H])[C@H](C=O)OC[2H]. The van der Waals surface area contributed by atoms with Crippen LogP contribution in [0.1, 0.15) is 4.11 Å². The lowest BCUT2D eigenvalue weighted by Gasteiger charge is -2.28. The Bertz CT molecular complexity index is 220. The molecule has 0 aromatic rings. The maximum absolute atomic E-state index is 10.7. The third-order valence-electron chi connectivity index (χ3n) is 1.86. The van der Waals surface area contributed by atoms with E-state index in [0.29, 0.717) is 6.29 Å². The van der Waals surface area contributed by atoms with Gasteiger partial charge in [-0.15, -0.1) is 0 Å². The standard InChI is InChI=1S/C9H18O6/c1-13-5-6(11)8(12)9(15-3)7(4-10)14-2/h4,6-9,11-12H,5H2,1-3H3/t6-,7+,8+,9-/m1/s1/i1D,2D,3D. The van der Waals surface area contributed by atoms with Gasteiger partial charge in [0.2, 0.25) is 0 Å². The van der Waals surface area contributed by atoms with Gasteiger partial charge in [0.15, 0.2) is 6.29 Å². The number of hydrogen-bond acceptors (Lipinski definition) is 6. The molecule has 0 heterocycles. The molecule has 0 rings (SSSR count). The molecule has 0 spiro atoms. The van der Waals surface area contributed by atoms with Gasteiger partial charge >= 0.3 is 0 Å². The van der Waals surface area contributed by atoms with Gasteiger partial charge in [-0.2, -0.15) is 0 Å². The van der Waals surface area contributed by atoms with Crippen LogP contribution in [-0.2, 0) is 19.0 Å². The van der Waals surface area contributed by atoms with Crippen LogP contribution in [0.15, 0.2) is 0 Å². The highest BCUT2D eigenvalue weighted by Crippen LogP contribution is 2.10. The summed E-state index contributed by atoms with van der Waals surface area (Å²) in [6, 6.07) is 0. The van der Waals surface area contributed by atoms with Crippen molar-refractivity contribution in [3.63, 3.8) is 0 Å². The number of rotatable bonds is 8. The molecular formula is C9H18O6. The number of ether oxygens (including phenoxy) is 3. The van der Waals surface area contributed by atoms with E-state index in [1.54, 1.807) is 0 Å². The molecule has 15 heavy (non-hydrogen) atoms. The van der Waals surface area contributed by atoms with Crippen molar-refractivity contribution in [1.82, 2.24) is 0 Å². The minimum absolute atomic E-state index is 0.311. The Balaban J connectivity index is 4.57. The summed E-state index contributed by atoms with van der Waals surface area (Å²) in [5.74, 6) is 0. The Hall–Kier alpha value is -0.530. The van der Waals surface area contributed by atoms with Crippen LogP contribution >= 0.6 is 0 Å². The van der Waals surface area contributed by atoms with Crippen molar-refractivity contribution in [2.45, 2.75) is 24.4 Å². The zero-order chi connectivity index (χ0) is 14.0. The highest BCUT2D eigenvalue weighted by molar-refractivity contribution is 5.57.